The largest absolute Gasteiger partial charge is 0.460 e. The van der Waals surface area contributed by atoms with Gasteiger partial charge in [0.25, 0.3) is 0 Å². The van der Waals surface area contributed by atoms with E-state index in [9.17, 15) is 9.59 Å². The van der Waals surface area contributed by atoms with Crippen molar-refractivity contribution < 1.29 is 14.3 Å². The van der Waals surface area contributed by atoms with E-state index in [1.807, 2.05) is 55.5 Å². The van der Waals surface area contributed by atoms with Crippen LogP contribution in [0.2, 0.25) is 5.02 Å². The number of benzene rings is 2. The Labute approximate surface area is 188 Å². The number of nitrogens with zero attached hydrogens (tertiary/aromatic N) is 1. The molecule has 1 aliphatic heterocycles. The molecule has 4 rings (SSSR count). The zero-order chi connectivity index (χ0) is 22.2. The van der Waals surface area contributed by atoms with E-state index in [1.165, 1.54) is 0 Å². The molecule has 2 aromatic rings. The van der Waals surface area contributed by atoms with E-state index < -0.39 is 11.8 Å². The molecule has 1 aliphatic carbocycles. The summed E-state index contributed by atoms with van der Waals surface area (Å²) >= 11 is 6.28. The van der Waals surface area contributed by atoms with Crippen molar-refractivity contribution in [1.82, 2.24) is 0 Å². The molecule has 1 heterocycles. The van der Waals surface area contributed by atoms with Gasteiger partial charge in [0.05, 0.1) is 0 Å². The van der Waals surface area contributed by atoms with Crippen molar-refractivity contribution in [1.29, 1.82) is 0 Å². The van der Waals surface area contributed by atoms with Gasteiger partial charge < -0.3 is 4.74 Å². The summed E-state index contributed by atoms with van der Waals surface area (Å²) in [5.41, 5.74) is 3.69. The van der Waals surface area contributed by atoms with E-state index in [1.54, 1.807) is 6.07 Å². The molecule has 0 fully saturated rings. The molecular formula is C26H26ClNO3. The van der Waals surface area contributed by atoms with Crippen molar-refractivity contribution in [2.24, 2.45) is 16.3 Å². The van der Waals surface area contributed by atoms with E-state index in [0.29, 0.717) is 29.1 Å². The topological polar surface area (TPSA) is 55.7 Å². The second-order valence-corrected chi connectivity index (χ2v) is 9.59. The molecule has 2 aromatic carbocycles. The summed E-state index contributed by atoms with van der Waals surface area (Å²) in [5, 5.41) is 0.569. The second kappa shape index (κ2) is 8.43. The van der Waals surface area contributed by atoms with Gasteiger partial charge in [-0.2, -0.15) is 0 Å². The Balaban J connectivity index is 1.73. The minimum Gasteiger partial charge on any atom is -0.460 e. The number of allylic oxidation sites excluding steroid dienone is 2. The number of aliphatic imine (C=N–C) groups is 1. The first-order chi connectivity index (χ1) is 14.7. The molecule has 0 aromatic heterocycles. The maximum atomic E-state index is 13.3. The molecule has 2 atom stereocenters. The molecule has 0 saturated carbocycles. The zero-order valence-corrected chi connectivity index (χ0v) is 18.8. The molecule has 5 heteroatoms. The number of hydrogen-bond acceptors (Lipinski definition) is 4. The average Bonchev–Trinajstić information content (AvgIpc) is 2.71. The van der Waals surface area contributed by atoms with Crippen molar-refractivity contribution in [3.05, 3.63) is 82.0 Å². The lowest BCUT2D eigenvalue weighted by atomic mass is 9.67. The first kappa shape index (κ1) is 21.5. The minimum absolute atomic E-state index is 0.0494. The molecular weight excluding hydrogens is 410 g/mol. The molecule has 1 unspecified atom stereocenters. The fraction of sp³-hybridized carbons (Fsp3) is 0.346. The Morgan fingerprint density at radius 2 is 1.87 bits per heavy atom. The number of carbonyl (C=O) groups is 2. The summed E-state index contributed by atoms with van der Waals surface area (Å²) < 4.78 is 5.69. The maximum Gasteiger partial charge on any atom is 0.315 e. The van der Waals surface area contributed by atoms with Crippen molar-refractivity contribution in [3.8, 4) is 0 Å². The number of ketones is 1. The zero-order valence-electron chi connectivity index (χ0n) is 18.0. The molecule has 4 nitrogen and oxygen atoms in total. The minimum atomic E-state index is -0.661. The van der Waals surface area contributed by atoms with Gasteiger partial charge in [0.1, 0.15) is 12.5 Å². The predicted molar refractivity (Wildman–Crippen MR) is 122 cm³/mol. The summed E-state index contributed by atoms with van der Waals surface area (Å²) in [6.07, 6.45) is 1.14. The van der Waals surface area contributed by atoms with Crippen LogP contribution in [-0.2, 0) is 20.9 Å². The fourth-order valence-electron chi connectivity index (χ4n) is 4.63. The van der Waals surface area contributed by atoms with Crippen LogP contribution in [0.25, 0.3) is 0 Å². The lowest BCUT2D eigenvalue weighted by molar-refractivity contribution is -0.148. The molecule has 0 amide bonds. The highest BCUT2D eigenvalue weighted by Crippen LogP contribution is 2.48. The highest BCUT2D eigenvalue weighted by atomic mass is 35.5. The molecule has 2 aliphatic rings. The van der Waals surface area contributed by atoms with Crippen LogP contribution in [-0.4, -0.2) is 17.5 Å². The third-order valence-corrected chi connectivity index (χ3v) is 6.22. The third kappa shape index (κ3) is 4.49. The van der Waals surface area contributed by atoms with E-state index in [2.05, 4.69) is 13.8 Å². The van der Waals surface area contributed by atoms with Crippen LogP contribution in [0, 0.1) is 11.3 Å². The SMILES string of the molecule is CC1=NC2=C(C(=O)CC(C)(C)C2)[C@@H](c2cccc(Cl)c2)C1C(=O)OCc1ccccc1. The van der Waals surface area contributed by atoms with Gasteiger partial charge in [-0.25, -0.2) is 0 Å². The molecule has 31 heavy (non-hydrogen) atoms. The second-order valence-electron chi connectivity index (χ2n) is 9.16. The molecule has 0 N–H and O–H groups in total. The van der Waals surface area contributed by atoms with Crippen molar-refractivity contribution in [2.45, 2.75) is 46.1 Å². The Hall–Kier alpha value is -2.72. The van der Waals surface area contributed by atoms with Crippen LogP contribution in [0.5, 0.6) is 0 Å². The smallest absolute Gasteiger partial charge is 0.315 e. The molecule has 0 radical (unpaired) electrons. The van der Waals surface area contributed by atoms with E-state index in [-0.39, 0.29) is 23.8 Å². The van der Waals surface area contributed by atoms with Crippen LogP contribution in [0.3, 0.4) is 0 Å². The van der Waals surface area contributed by atoms with Crippen LogP contribution >= 0.6 is 11.6 Å². The van der Waals surface area contributed by atoms with Gasteiger partial charge in [-0.3, -0.25) is 14.6 Å². The summed E-state index contributed by atoms with van der Waals surface area (Å²) in [6, 6.07) is 17.0. The number of halogens is 1. The third-order valence-electron chi connectivity index (χ3n) is 5.99. The quantitative estimate of drug-likeness (QED) is 0.561. The average molecular weight is 436 g/mol. The monoisotopic (exact) mass is 435 g/mol. The number of rotatable bonds is 4. The van der Waals surface area contributed by atoms with Crippen LogP contribution in [0.4, 0.5) is 0 Å². The van der Waals surface area contributed by atoms with Gasteiger partial charge in [-0.1, -0.05) is 67.9 Å². The number of hydrogen-bond donors (Lipinski definition) is 0. The van der Waals surface area contributed by atoms with Gasteiger partial charge >= 0.3 is 5.97 Å². The Morgan fingerprint density at radius 3 is 2.58 bits per heavy atom. The lowest BCUT2D eigenvalue weighted by Gasteiger charge is -2.39. The van der Waals surface area contributed by atoms with Crippen molar-refractivity contribution in [3.63, 3.8) is 0 Å². The highest BCUT2D eigenvalue weighted by molar-refractivity contribution is 6.30. The Bertz CT molecular complexity index is 1080. The molecule has 0 bridgehead atoms. The van der Waals surface area contributed by atoms with E-state index >= 15 is 0 Å². The van der Waals surface area contributed by atoms with Gasteiger partial charge in [0.15, 0.2) is 5.78 Å². The van der Waals surface area contributed by atoms with Gasteiger partial charge in [0, 0.05) is 34.3 Å². The first-order valence-electron chi connectivity index (χ1n) is 10.5. The maximum absolute atomic E-state index is 13.3. The predicted octanol–water partition coefficient (Wildman–Crippen LogP) is 5.90. The highest BCUT2D eigenvalue weighted by Gasteiger charge is 2.46. The van der Waals surface area contributed by atoms with Gasteiger partial charge in [-0.05, 0) is 42.0 Å². The van der Waals surface area contributed by atoms with E-state index in [4.69, 9.17) is 21.3 Å². The van der Waals surface area contributed by atoms with Crippen LogP contribution < -0.4 is 0 Å². The summed E-state index contributed by atoms with van der Waals surface area (Å²) in [7, 11) is 0. The van der Waals surface area contributed by atoms with E-state index in [0.717, 1.165) is 16.8 Å². The van der Waals surface area contributed by atoms with Gasteiger partial charge in [0.2, 0.25) is 0 Å². The van der Waals surface area contributed by atoms with Crippen molar-refractivity contribution in [2.75, 3.05) is 0 Å². The normalized spacial score (nSPS) is 22.6. The number of ether oxygens (including phenoxy) is 1. The van der Waals surface area contributed by atoms with Gasteiger partial charge in [-0.15, -0.1) is 0 Å². The number of carbonyl (C=O) groups excluding carboxylic acids is 2. The lowest BCUT2D eigenvalue weighted by Crippen LogP contribution is -2.39. The summed E-state index contributed by atoms with van der Waals surface area (Å²) in [5.74, 6) is -1.43. The molecule has 160 valence electrons. The number of esters is 1. The molecule has 0 spiro atoms. The standard InChI is InChI=1S/C26H26ClNO3/c1-16-22(25(30)31-15-17-8-5-4-6-9-17)23(18-10-7-11-19(27)12-18)24-20(28-16)13-26(2,3)14-21(24)29/h4-12,22-23H,13-15H2,1-3H3/t22?,23-/m0/s1. The van der Waals surface area contributed by atoms with Crippen LogP contribution in [0.1, 0.15) is 50.7 Å². The molecule has 0 saturated heterocycles. The fourth-order valence-corrected chi connectivity index (χ4v) is 4.83. The number of Topliss-reactive ketones (excluding diaryl/α,β-unsaturated/α-hetero) is 1. The Morgan fingerprint density at radius 1 is 1.13 bits per heavy atom. The van der Waals surface area contributed by atoms with Crippen LogP contribution in [0.15, 0.2) is 70.9 Å². The first-order valence-corrected chi connectivity index (χ1v) is 10.9. The summed E-state index contributed by atoms with van der Waals surface area (Å²) in [6.45, 7) is 6.18. The van der Waals surface area contributed by atoms with Crippen molar-refractivity contribution >= 4 is 29.1 Å². The Kier molecular flexibility index (Phi) is 5.85. The summed E-state index contributed by atoms with van der Waals surface area (Å²) in [4.78, 5) is 31.3.